The third-order valence-corrected chi connectivity index (χ3v) is 3.23. The summed E-state index contributed by atoms with van der Waals surface area (Å²) in [6.45, 7) is 0.269. The third-order valence-electron chi connectivity index (χ3n) is 2.74. The molecule has 0 aromatic heterocycles. The van der Waals surface area contributed by atoms with E-state index < -0.39 is 0 Å². The first-order valence-electron chi connectivity index (χ1n) is 6.24. The minimum atomic E-state index is -0.365. The Bertz CT molecular complexity index is 632. The van der Waals surface area contributed by atoms with Crippen LogP contribution in [0.3, 0.4) is 0 Å². The summed E-state index contributed by atoms with van der Waals surface area (Å²) in [5.74, 6) is -0.974. The van der Waals surface area contributed by atoms with E-state index in [1.165, 1.54) is 30.3 Å². The van der Waals surface area contributed by atoms with Gasteiger partial charge in [-0.3, -0.25) is 4.79 Å². The molecule has 0 heterocycles. The molecule has 0 saturated carbocycles. The summed E-state index contributed by atoms with van der Waals surface area (Å²) in [6.07, 6.45) is 0. The number of rotatable bonds is 5. The van der Waals surface area contributed by atoms with Crippen LogP contribution < -0.4 is 10.6 Å². The van der Waals surface area contributed by atoms with Crippen molar-refractivity contribution in [2.24, 2.45) is 0 Å². The molecule has 6 heteroatoms. The van der Waals surface area contributed by atoms with Gasteiger partial charge >= 0.3 is 0 Å². The number of hydrogen-bond donors (Lipinski definition) is 2. The summed E-state index contributed by atoms with van der Waals surface area (Å²) in [5.41, 5.74) is 0.982. The maximum atomic E-state index is 13.5. The van der Waals surface area contributed by atoms with Crippen LogP contribution in [0.25, 0.3) is 0 Å². The SMILES string of the molecule is O=C(CNCc1cc(Br)ccc1F)Nc1ccc(F)cc1. The molecule has 0 spiro atoms. The molecule has 0 unspecified atom stereocenters. The number of halogens is 3. The Labute approximate surface area is 129 Å². The molecule has 2 N–H and O–H groups in total. The van der Waals surface area contributed by atoms with Gasteiger partial charge in [0.05, 0.1) is 6.54 Å². The average Bonchev–Trinajstić information content (AvgIpc) is 2.45. The Balaban J connectivity index is 1.81. The van der Waals surface area contributed by atoms with E-state index in [1.54, 1.807) is 12.1 Å². The van der Waals surface area contributed by atoms with Crippen LogP contribution in [0.15, 0.2) is 46.9 Å². The number of benzene rings is 2. The molecular weight excluding hydrogens is 342 g/mol. The maximum absolute atomic E-state index is 13.5. The summed E-state index contributed by atoms with van der Waals surface area (Å²) in [5, 5.41) is 5.46. The Morgan fingerprint density at radius 1 is 1.10 bits per heavy atom. The molecule has 0 saturated heterocycles. The van der Waals surface area contributed by atoms with Gasteiger partial charge in [0.25, 0.3) is 0 Å². The second-order valence-electron chi connectivity index (χ2n) is 4.39. The number of nitrogens with one attached hydrogen (secondary N) is 2. The fraction of sp³-hybridized carbons (Fsp3) is 0.133. The monoisotopic (exact) mass is 354 g/mol. The van der Waals surface area contributed by atoms with Crippen LogP contribution in [0, 0.1) is 11.6 Å². The van der Waals surface area contributed by atoms with Gasteiger partial charge in [0.1, 0.15) is 11.6 Å². The van der Waals surface area contributed by atoms with Gasteiger partial charge in [-0.15, -0.1) is 0 Å². The van der Waals surface area contributed by atoms with E-state index in [0.717, 1.165) is 4.47 Å². The lowest BCUT2D eigenvalue weighted by atomic mass is 10.2. The van der Waals surface area contributed by atoms with Crippen molar-refractivity contribution >= 4 is 27.5 Å². The number of amides is 1. The van der Waals surface area contributed by atoms with Crippen molar-refractivity contribution in [1.82, 2.24) is 5.32 Å². The Hall–Kier alpha value is -1.79. The highest BCUT2D eigenvalue weighted by atomic mass is 79.9. The zero-order valence-corrected chi connectivity index (χ0v) is 12.6. The third kappa shape index (κ3) is 4.91. The number of hydrogen-bond acceptors (Lipinski definition) is 2. The summed E-state index contributed by atoms with van der Waals surface area (Å²) >= 11 is 3.26. The van der Waals surface area contributed by atoms with E-state index in [1.807, 2.05) is 0 Å². The van der Waals surface area contributed by atoms with Gasteiger partial charge in [-0.25, -0.2) is 8.78 Å². The number of carbonyl (C=O) groups excluding carboxylic acids is 1. The summed E-state index contributed by atoms with van der Waals surface area (Å²) in [6, 6.07) is 10.1. The second kappa shape index (κ2) is 7.28. The van der Waals surface area contributed by atoms with E-state index in [0.29, 0.717) is 11.3 Å². The minimum absolute atomic E-state index is 0.0311. The largest absolute Gasteiger partial charge is 0.325 e. The van der Waals surface area contributed by atoms with Gasteiger partial charge in [0, 0.05) is 22.3 Å². The Morgan fingerprint density at radius 3 is 2.52 bits per heavy atom. The molecule has 21 heavy (non-hydrogen) atoms. The van der Waals surface area contributed by atoms with Crippen molar-refractivity contribution < 1.29 is 13.6 Å². The molecule has 0 fully saturated rings. The highest BCUT2D eigenvalue weighted by molar-refractivity contribution is 9.10. The quantitative estimate of drug-likeness (QED) is 0.863. The summed E-state index contributed by atoms with van der Waals surface area (Å²) in [7, 11) is 0. The lowest BCUT2D eigenvalue weighted by Crippen LogP contribution is -2.28. The van der Waals surface area contributed by atoms with E-state index in [9.17, 15) is 13.6 Å². The van der Waals surface area contributed by atoms with Gasteiger partial charge in [0.15, 0.2) is 0 Å². The van der Waals surface area contributed by atoms with Gasteiger partial charge < -0.3 is 10.6 Å². The predicted molar refractivity (Wildman–Crippen MR) is 80.8 cm³/mol. The molecule has 0 bridgehead atoms. The van der Waals surface area contributed by atoms with Gasteiger partial charge in [0.2, 0.25) is 5.91 Å². The molecule has 0 atom stereocenters. The van der Waals surface area contributed by atoms with Crippen molar-refractivity contribution in [3.63, 3.8) is 0 Å². The molecule has 0 aliphatic heterocycles. The molecule has 2 rings (SSSR count). The predicted octanol–water partition coefficient (Wildman–Crippen LogP) is 3.46. The number of anilines is 1. The van der Waals surface area contributed by atoms with Crippen molar-refractivity contribution in [1.29, 1.82) is 0 Å². The van der Waals surface area contributed by atoms with Crippen LogP contribution in [0.2, 0.25) is 0 Å². The highest BCUT2D eigenvalue weighted by Crippen LogP contribution is 2.15. The van der Waals surface area contributed by atoms with Gasteiger partial charge in [-0.1, -0.05) is 15.9 Å². The summed E-state index contributed by atoms with van der Waals surface area (Å²) in [4.78, 5) is 11.7. The first kappa shape index (κ1) is 15.6. The first-order valence-corrected chi connectivity index (χ1v) is 7.04. The molecule has 110 valence electrons. The standard InChI is InChI=1S/C15H13BrF2N2O/c16-11-1-6-14(18)10(7-11)8-19-9-15(21)20-13-4-2-12(17)3-5-13/h1-7,19H,8-9H2,(H,20,21). The van der Waals surface area contributed by atoms with E-state index in [-0.39, 0.29) is 30.6 Å². The molecular formula is C15H13BrF2N2O. The van der Waals surface area contributed by atoms with Crippen molar-refractivity contribution in [3.05, 3.63) is 64.1 Å². The highest BCUT2D eigenvalue weighted by Gasteiger charge is 2.05. The topological polar surface area (TPSA) is 41.1 Å². The zero-order chi connectivity index (χ0) is 15.2. The molecule has 2 aromatic rings. The van der Waals surface area contributed by atoms with Crippen LogP contribution in [-0.2, 0) is 11.3 Å². The molecule has 0 radical (unpaired) electrons. The van der Waals surface area contributed by atoms with E-state index >= 15 is 0 Å². The smallest absolute Gasteiger partial charge is 0.238 e. The molecule has 0 aliphatic rings. The fourth-order valence-electron chi connectivity index (χ4n) is 1.73. The summed E-state index contributed by atoms with van der Waals surface area (Å²) < 4.78 is 27.0. The van der Waals surface area contributed by atoms with E-state index in [4.69, 9.17) is 0 Å². The van der Waals surface area contributed by atoms with Crippen LogP contribution in [0.1, 0.15) is 5.56 Å². The van der Waals surface area contributed by atoms with Gasteiger partial charge in [-0.05, 0) is 42.5 Å². The normalized spacial score (nSPS) is 10.4. The lowest BCUT2D eigenvalue weighted by molar-refractivity contribution is -0.115. The first-order chi connectivity index (χ1) is 10.0. The molecule has 0 aliphatic carbocycles. The van der Waals surface area contributed by atoms with Crippen molar-refractivity contribution in [3.8, 4) is 0 Å². The van der Waals surface area contributed by atoms with E-state index in [2.05, 4.69) is 26.6 Å². The Morgan fingerprint density at radius 2 is 1.81 bits per heavy atom. The molecule has 3 nitrogen and oxygen atoms in total. The molecule has 1 amide bonds. The van der Waals surface area contributed by atoms with Crippen molar-refractivity contribution in [2.45, 2.75) is 6.54 Å². The van der Waals surface area contributed by atoms with Gasteiger partial charge in [-0.2, -0.15) is 0 Å². The van der Waals surface area contributed by atoms with Crippen molar-refractivity contribution in [2.75, 3.05) is 11.9 Å². The van der Waals surface area contributed by atoms with Crippen LogP contribution >= 0.6 is 15.9 Å². The lowest BCUT2D eigenvalue weighted by Gasteiger charge is -2.08. The van der Waals surface area contributed by atoms with Crippen LogP contribution in [-0.4, -0.2) is 12.5 Å². The fourth-order valence-corrected chi connectivity index (χ4v) is 2.14. The van der Waals surface area contributed by atoms with Crippen LogP contribution in [0.4, 0.5) is 14.5 Å². The minimum Gasteiger partial charge on any atom is -0.325 e. The Kier molecular flexibility index (Phi) is 5.41. The zero-order valence-electron chi connectivity index (χ0n) is 11.0. The maximum Gasteiger partial charge on any atom is 0.238 e. The second-order valence-corrected chi connectivity index (χ2v) is 5.31. The molecule has 2 aromatic carbocycles. The van der Waals surface area contributed by atoms with Crippen LogP contribution in [0.5, 0.6) is 0 Å². The average molecular weight is 355 g/mol. The number of carbonyl (C=O) groups is 1.